The SMILES string of the molecule is CC(=O)N(CCC(=O)NCCCN(C)C)c1cc(Cl)cc(Cl)c1. The van der Waals surface area contributed by atoms with Crippen molar-refractivity contribution in [3.63, 3.8) is 0 Å². The zero-order valence-corrected chi connectivity index (χ0v) is 15.2. The fourth-order valence-electron chi connectivity index (χ4n) is 2.09. The summed E-state index contributed by atoms with van der Waals surface area (Å²) in [5, 5.41) is 3.75. The van der Waals surface area contributed by atoms with Crippen molar-refractivity contribution in [3.8, 4) is 0 Å². The molecule has 1 N–H and O–H groups in total. The molecule has 0 aliphatic heterocycles. The van der Waals surface area contributed by atoms with Gasteiger partial charge in [0.25, 0.3) is 0 Å². The number of rotatable bonds is 8. The molecule has 5 nitrogen and oxygen atoms in total. The van der Waals surface area contributed by atoms with E-state index in [1.807, 2.05) is 14.1 Å². The highest BCUT2D eigenvalue weighted by atomic mass is 35.5. The molecule has 128 valence electrons. The van der Waals surface area contributed by atoms with Crippen LogP contribution in [0.5, 0.6) is 0 Å². The predicted octanol–water partition coefficient (Wildman–Crippen LogP) is 2.80. The molecule has 7 heteroatoms. The van der Waals surface area contributed by atoms with Gasteiger partial charge in [-0.05, 0) is 45.3 Å². The molecule has 0 aromatic heterocycles. The molecule has 0 unspecified atom stereocenters. The smallest absolute Gasteiger partial charge is 0.223 e. The number of amides is 2. The second-order valence-electron chi connectivity index (χ2n) is 5.56. The summed E-state index contributed by atoms with van der Waals surface area (Å²) in [6.07, 6.45) is 1.12. The Morgan fingerprint density at radius 3 is 2.22 bits per heavy atom. The Balaban J connectivity index is 2.54. The molecule has 0 bridgehead atoms. The Bertz CT molecular complexity index is 530. The first-order chi connectivity index (χ1) is 10.8. The minimum Gasteiger partial charge on any atom is -0.356 e. The van der Waals surface area contributed by atoms with Crippen LogP contribution in [0.2, 0.25) is 10.0 Å². The van der Waals surface area contributed by atoms with Gasteiger partial charge in [-0.2, -0.15) is 0 Å². The van der Waals surface area contributed by atoms with E-state index in [-0.39, 0.29) is 24.8 Å². The summed E-state index contributed by atoms with van der Waals surface area (Å²) in [6, 6.07) is 4.91. The molecule has 0 saturated carbocycles. The first-order valence-electron chi connectivity index (χ1n) is 7.45. The van der Waals surface area contributed by atoms with Crippen LogP contribution in [0.3, 0.4) is 0 Å². The summed E-state index contributed by atoms with van der Waals surface area (Å²) in [4.78, 5) is 27.2. The average Bonchev–Trinajstić information content (AvgIpc) is 2.42. The Morgan fingerprint density at radius 1 is 1.09 bits per heavy atom. The standard InChI is InChI=1S/C16H23Cl2N3O2/c1-12(22)21(15-10-13(17)9-14(18)11-15)8-5-16(23)19-6-4-7-20(2)3/h9-11H,4-8H2,1-3H3,(H,19,23). The molecule has 1 aromatic carbocycles. The van der Waals surface area contributed by atoms with Crippen LogP contribution in [0.1, 0.15) is 19.8 Å². The highest BCUT2D eigenvalue weighted by Gasteiger charge is 2.14. The molecule has 1 rings (SSSR count). The van der Waals surface area contributed by atoms with Gasteiger partial charge >= 0.3 is 0 Å². The summed E-state index contributed by atoms with van der Waals surface area (Å²) in [5.41, 5.74) is 0.593. The third-order valence-electron chi connectivity index (χ3n) is 3.21. The summed E-state index contributed by atoms with van der Waals surface area (Å²) in [5.74, 6) is -0.244. The first-order valence-corrected chi connectivity index (χ1v) is 8.21. The van der Waals surface area contributed by atoms with Crippen molar-refractivity contribution in [1.29, 1.82) is 0 Å². The van der Waals surface area contributed by atoms with Crippen molar-refractivity contribution >= 4 is 40.7 Å². The minimum absolute atomic E-state index is 0.0804. The summed E-state index contributed by atoms with van der Waals surface area (Å²) >= 11 is 11.9. The molecule has 0 atom stereocenters. The van der Waals surface area contributed by atoms with Gasteiger partial charge in [-0.3, -0.25) is 9.59 Å². The third-order valence-corrected chi connectivity index (χ3v) is 3.64. The van der Waals surface area contributed by atoms with E-state index >= 15 is 0 Å². The number of hydrogen-bond donors (Lipinski definition) is 1. The van der Waals surface area contributed by atoms with Gasteiger partial charge in [-0.25, -0.2) is 0 Å². The fraction of sp³-hybridized carbons (Fsp3) is 0.500. The van der Waals surface area contributed by atoms with Crippen LogP contribution in [0, 0.1) is 0 Å². The van der Waals surface area contributed by atoms with E-state index in [0.717, 1.165) is 13.0 Å². The molecular formula is C16H23Cl2N3O2. The Labute approximate surface area is 147 Å². The lowest BCUT2D eigenvalue weighted by Gasteiger charge is -2.21. The third kappa shape index (κ3) is 7.68. The molecule has 0 spiro atoms. The topological polar surface area (TPSA) is 52.7 Å². The van der Waals surface area contributed by atoms with Gasteiger partial charge in [-0.1, -0.05) is 23.2 Å². The van der Waals surface area contributed by atoms with Crippen molar-refractivity contribution < 1.29 is 9.59 Å². The molecule has 1 aromatic rings. The van der Waals surface area contributed by atoms with Crippen LogP contribution in [0.25, 0.3) is 0 Å². The molecular weight excluding hydrogens is 337 g/mol. The van der Waals surface area contributed by atoms with Gasteiger partial charge in [-0.15, -0.1) is 0 Å². The van der Waals surface area contributed by atoms with Crippen LogP contribution < -0.4 is 10.2 Å². The molecule has 0 heterocycles. The molecule has 2 amide bonds. The Hall–Kier alpha value is -1.30. The molecule has 0 aliphatic carbocycles. The molecule has 0 radical (unpaired) electrons. The maximum atomic E-state index is 11.9. The summed E-state index contributed by atoms with van der Waals surface area (Å²) in [6.45, 7) is 3.27. The second kappa shape index (κ2) is 9.75. The van der Waals surface area contributed by atoms with E-state index in [4.69, 9.17) is 23.2 Å². The lowest BCUT2D eigenvalue weighted by atomic mass is 10.2. The largest absolute Gasteiger partial charge is 0.356 e. The minimum atomic E-state index is -0.163. The van der Waals surface area contributed by atoms with Crippen molar-refractivity contribution in [2.24, 2.45) is 0 Å². The van der Waals surface area contributed by atoms with Crippen molar-refractivity contribution in [2.75, 3.05) is 38.6 Å². The molecule has 0 aliphatic rings. The zero-order valence-electron chi connectivity index (χ0n) is 13.7. The van der Waals surface area contributed by atoms with Gasteiger partial charge < -0.3 is 15.1 Å². The average molecular weight is 360 g/mol. The second-order valence-corrected chi connectivity index (χ2v) is 6.43. The van der Waals surface area contributed by atoms with Crippen molar-refractivity contribution in [2.45, 2.75) is 19.8 Å². The normalized spacial score (nSPS) is 10.7. The van der Waals surface area contributed by atoms with E-state index in [1.165, 1.54) is 11.8 Å². The maximum Gasteiger partial charge on any atom is 0.223 e. The number of halogens is 2. The molecule has 23 heavy (non-hydrogen) atoms. The van der Waals surface area contributed by atoms with Gasteiger partial charge in [0.15, 0.2) is 0 Å². The van der Waals surface area contributed by atoms with Gasteiger partial charge in [0.1, 0.15) is 0 Å². The van der Waals surface area contributed by atoms with E-state index in [9.17, 15) is 9.59 Å². The number of benzene rings is 1. The lowest BCUT2D eigenvalue weighted by Crippen LogP contribution is -2.34. The lowest BCUT2D eigenvalue weighted by molar-refractivity contribution is -0.121. The first kappa shape index (κ1) is 19.7. The number of carbonyl (C=O) groups excluding carboxylic acids is 2. The van der Waals surface area contributed by atoms with Crippen molar-refractivity contribution in [1.82, 2.24) is 10.2 Å². The quantitative estimate of drug-likeness (QED) is 0.726. The van der Waals surface area contributed by atoms with Gasteiger partial charge in [0.2, 0.25) is 11.8 Å². The van der Waals surface area contributed by atoms with Crippen LogP contribution >= 0.6 is 23.2 Å². The van der Waals surface area contributed by atoms with Crippen LogP contribution in [0.4, 0.5) is 5.69 Å². The van der Waals surface area contributed by atoms with Crippen LogP contribution in [-0.2, 0) is 9.59 Å². The van der Waals surface area contributed by atoms with Crippen molar-refractivity contribution in [3.05, 3.63) is 28.2 Å². The Morgan fingerprint density at radius 2 is 1.70 bits per heavy atom. The molecule has 0 fully saturated rings. The highest BCUT2D eigenvalue weighted by Crippen LogP contribution is 2.25. The monoisotopic (exact) mass is 359 g/mol. The number of hydrogen-bond acceptors (Lipinski definition) is 3. The fourth-order valence-corrected chi connectivity index (χ4v) is 2.60. The number of nitrogens with one attached hydrogen (secondary N) is 1. The zero-order chi connectivity index (χ0) is 17.4. The predicted molar refractivity (Wildman–Crippen MR) is 95.3 cm³/mol. The summed E-state index contributed by atoms with van der Waals surface area (Å²) in [7, 11) is 3.98. The van der Waals surface area contributed by atoms with Crippen LogP contribution in [-0.4, -0.2) is 50.4 Å². The van der Waals surface area contributed by atoms with E-state index in [0.29, 0.717) is 22.3 Å². The number of nitrogens with zero attached hydrogens (tertiary/aromatic N) is 2. The van der Waals surface area contributed by atoms with E-state index in [1.54, 1.807) is 18.2 Å². The van der Waals surface area contributed by atoms with E-state index in [2.05, 4.69) is 10.2 Å². The molecule has 0 saturated heterocycles. The Kier molecular flexibility index (Phi) is 8.37. The van der Waals surface area contributed by atoms with E-state index < -0.39 is 0 Å². The summed E-state index contributed by atoms with van der Waals surface area (Å²) < 4.78 is 0. The number of anilines is 1. The number of carbonyl (C=O) groups is 2. The maximum absolute atomic E-state index is 11.9. The highest BCUT2D eigenvalue weighted by molar-refractivity contribution is 6.35. The van der Waals surface area contributed by atoms with Crippen LogP contribution in [0.15, 0.2) is 18.2 Å². The van der Waals surface area contributed by atoms with Gasteiger partial charge in [0.05, 0.1) is 0 Å². The van der Waals surface area contributed by atoms with Gasteiger partial charge in [0, 0.05) is 42.2 Å².